The number of guanidine groups is 1. The molecule has 1 aliphatic heterocycles. The highest BCUT2D eigenvalue weighted by Gasteiger charge is 2.29. The first-order valence-corrected chi connectivity index (χ1v) is 10.5. The van der Waals surface area contributed by atoms with Crippen molar-refractivity contribution in [3.05, 3.63) is 18.7 Å². The topological polar surface area (TPSA) is 74.6 Å². The zero-order valence-electron chi connectivity index (χ0n) is 17.1. The fraction of sp³-hybridized carbons (Fsp3) is 0.750. The molecule has 0 aromatic carbocycles. The number of nitrogens with one attached hydrogen (secondary N) is 2. The van der Waals surface area contributed by atoms with Gasteiger partial charge in [-0.15, -0.1) is 24.0 Å². The van der Waals surface area contributed by atoms with Crippen LogP contribution < -0.4 is 10.6 Å². The molecule has 2 aliphatic rings. The highest BCUT2D eigenvalue weighted by atomic mass is 127. The van der Waals surface area contributed by atoms with Crippen molar-refractivity contribution in [2.45, 2.75) is 64.5 Å². The Morgan fingerprint density at radius 1 is 1.25 bits per heavy atom. The summed E-state index contributed by atoms with van der Waals surface area (Å²) >= 11 is 0. The van der Waals surface area contributed by atoms with E-state index in [4.69, 9.17) is 0 Å². The number of aromatic nitrogens is 2. The standard InChI is InChI=1S/C20H34N6O.HI/c1-3-22-20(23-13-19(27)24-17-7-5-4-6-8-17)25-11-9-16(2)18(14-25)26-12-10-21-15-26;/h10,12,15-18H,3-9,11,13-14H2,1-2H3,(H,22,23)(H,24,27);1H. The molecule has 1 aromatic rings. The Balaban J connectivity index is 0.00000280. The van der Waals surface area contributed by atoms with Gasteiger partial charge in [-0.3, -0.25) is 4.79 Å². The van der Waals surface area contributed by atoms with Gasteiger partial charge in [0.25, 0.3) is 0 Å². The van der Waals surface area contributed by atoms with Crippen molar-refractivity contribution in [3.63, 3.8) is 0 Å². The van der Waals surface area contributed by atoms with Crippen LogP contribution in [0, 0.1) is 5.92 Å². The van der Waals surface area contributed by atoms with Gasteiger partial charge in [-0.25, -0.2) is 9.98 Å². The Morgan fingerprint density at radius 3 is 2.71 bits per heavy atom. The van der Waals surface area contributed by atoms with E-state index in [0.29, 0.717) is 18.0 Å². The first-order valence-electron chi connectivity index (χ1n) is 10.5. The van der Waals surface area contributed by atoms with Gasteiger partial charge in [0, 0.05) is 38.1 Å². The zero-order chi connectivity index (χ0) is 19.1. The van der Waals surface area contributed by atoms with Gasteiger partial charge in [-0.2, -0.15) is 0 Å². The summed E-state index contributed by atoms with van der Waals surface area (Å²) in [6.45, 7) is 7.20. The Morgan fingerprint density at radius 2 is 2.04 bits per heavy atom. The normalized spacial score (nSPS) is 23.8. The van der Waals surface area contributed by atoms with Crippen LogP contribution in [0.5, 0.6) is 0 Å². The van der Waals surface area contributed by atoms with Gasteiger partial charge in [0.15, 0.2) is 5.96 Å². The van der Waals surface area contributed by atoms with Gasteiger partial charge in [0.1, 0.15) is 6.54 Å². The van der Waals surface area contributed by atoms with E-state index < -0.39 is 0 Å². The molecule has 28 heavy (non-hydrogen) atoms. The van der Waals surface area contributed by atoms with E-state index in [1.807, 2.05) is 18.7 Å². The molecule has 0 bridgehead atoms. The number of carbonyl (C=O) groups excluding carboxylic acids is 1. The fourth-order valence-electron chi connectivity index (χ4n) is 4.19. The average molecular weight is 502 g/mol. The van der Waals surface area contributed by atoms with Crippen LogP contribution in [0.4, 0.5) is 0 Å². The van der Waals surface area contributed by atoms with Gasteiger partial charge in [-0.05, 0) is 32.1 Å². The molecule has 158 valence electrons. The van der Waals surface area contributed by atoms with Crippen molar-refractivity contribution in [2.24, 2.45) is 10.9 Å². The minimum absolute atomic E-state index is 0. The fourth-order valence-corrected chi connectivity index (χ4v) is 4.19. The number of imidazole rings is 1. The minimum Gasteiger partial charge on any atom is -0.357 e. The molecule has 2 atom stereocenters. The molecule has 1 aromatic heterocycles. The number of carbonyl (C=O) groups is 1. The summed E-state index contributed by atoms with van der Waals surface area (Å²) in [4.78, 5) is 23.4. The van der Waals surface area contributed by atoms with Crippen LogP contribution >= 0.6 is 24.0 Å². The summed E-state index contributed by atoms with van der Waals surface area (Å²) in [5.41, 5.74) is 0. The molecule has 0 spiro atoms. The average Bonchev–Trinajstić information content (AvgIpc) is 3.21. The lowest BCUT2D eigenvalue weighted by Crippen LogP contribution is -2.49. The molecule has 2 N–H and O–H groups in total. The summed E-state index contributed by atoms with van der Waals surface area (Å²) in [6, 6.07) is 0.715. The second-order valence-electron chi connectivity index (χ2n) is 7.86. The molecule has 7 nitrogen and oxygen atoms in total. The number of hydrogen-bond donors (Lipinski definition) is 2. The van der Waals surface area contributed by atoms with E-state index in [1.54, 1.807) is 0 Å². The van der Waals surface area contributed by atoms with Crippen molar-refractivity contribution >= 4 is 35.8 Å². The van der Waals surface area contributed by atoms with Crippen molar-refractivity contribution in [2.75, 3.05) is 26.2 Å². The molecule has 2 heterocycles. The van der Waals surface area contributed by atoms with Crippen LogP contribution in [0.3, 0.4) is 0 Å². The lowest BCUT2D eigenvalue weighted by atomic mass is 9.93. The minimum atomic E-state index is 0. The summed E-state index contributed by atoms with van der Waals surface area (Å²) in [7, 11) is 0. The first-order chi connectivity index (χ1) is 13.2. The van der Waals surface area contributed by atoms with Crippen molar-refractivity contribution in [3.8, 4) is 0 Å². The van der Waals surface area contributed by atoms with Gasteiger partial charge in [-0.1, -0.05) is 26.2 Å². The number of likely N-dealkylation sites (tertiary alicyclic amines) is 1. The number of amides is 1. The Hall–Kier alpha value is -1.32. The Labute approximate surface area is 185 Å². The maximum atomic E-state index is 12.3. The maximum absolute atomic E-state index is 12.3. The summed E-state index contributed by atoms with van der Waals surface area (Å²) in [5, 5.41) is 6.52. The number of halogens is 1. The predicted molar refractivity (Wildman–Crippen MR) is 123 cm³/mol. The molecule has 3 rings (SSSR count). The lowest BCUT2D eigenvalue weighted by Gasteiger charge is -2.39. The van der Waals surface area contributed by atoms with Crippen LogP contribution in [-0.2, 0) is 4.79 Å². The van der Waals surface area contributed by atoms with Crippen molar-refractivity contribution < 1.29 is 4.79 Å². The van der Waals surface area contributed by atoms with E-state index in [-0.39, 0.29) is 36.4 Å². The second-order valence-corrected chi connectivity index (χ2v) is 7.86. The molecule has 1 amide bonds. The van der Waals surface area contributed by atoms with Crippen molar-refractivity contribution in [1.29, 1.82) is 0 Å². The maximum Gasteiger partial charge on any atom is 0.242 e. The SMILES string of the molecule is CCNC(=NCC(=O)NC1CCCCC1)N1CCC(C)C(n2ccnc2)C1.I. The molecular weight excluding hydrogens is 467 g/mol. The number of nitrogens with zero attached hydrogens (tertiary/aromatic N) is 4. The number of piperidine rings is 1. The van der Waals surface area contributed by atoms with Crippen LogP contribution in [-0.4, -0.2) is 58.5 Å². The highest BCUT2D eigenvalue weighted by Crippen LogP contribution is 2.27. The molecular formula is C20H35IN6O. The zero-order valence-corrected chi connectivity index (χ0v) is 19.5. The van der Waals surface area contributed by atoms with Gasteiger partial charge in [0.05, 0.1) is 12.4 Å². The third-order valence-corrected chi connectivity index (χ3v) is 5.80. The van der Waals surface area contributed by atoms with E-state index in [9.17, 15) is 4.79 Å². The van der Waals surface area contributed by atoms with E-state index >= 15 is 0 Å². The molecule has 1 aliphatic carbocycles. The van der Waals surface area contributed by atoms with Gasteiger partial charge >= 0.3 is 0 Å². The molecule has 2 unspecified atom stereocenters. The van der Waals surface area contributed by atoms with Crippen LogP contribution in [0.25, 0.3) is 0 Å². The van der Waals surface area contributed by atoms with Crippen LogP contribution in [0.2, 0.25) is 0 Å². The molecule has 2 fully saturated rings. The summed E-state index contributed by atoms with van der Waals surface area (Å²) in [6.07, 6.45) is 12.8. The summed E-state index contributed by atoms with van der Waals surface area (Å²) < 4.78 is 2.19. The molecule has 1 saturated heterocycles. The summed E-state index contributed by atoms with van der Waals surface area (Å²) in [5.74, 6) is 1.47. The van der Waals surface area contributed by atoms with E-state index in [1.165, 1.54) is 19.3 Å². The number of rotatable bonds is 5. The van der Waals surface area contributed by atoms with Gasteiger partial charge in [0.2, 0.25) is 5.91 Å². The monoisotopic (exact) mass is 502 g/mol. The third kappa shape index (κ3) is 6.35. The lowest BCUT2D eigenvalue weighted by molar-refractivity contribution is -0.120. The van der Waals surface area contributed by atoms with E-state index in [2.05, 4.69) is 43.9 Å². The third-order valence-electron chi connectivity index (χ3n) is 5.80. The quantitative estimate of drug-likeness (QED) is 0.369. The number of aliphatic imine (C=N–C) groups is 1. The Bertz CT molecular complexity index is 614. The van der Waals surface area contributed by atoms with Crippen LogP contribution in [0.1, 0.15) is 58.4 Å². The van der Waals surface area contributed by atoms with E-state index in [0.717, 1.165) is 44.9 Å². The highest BCUT2D eigenvalue weighted by molar-refractivity contribution is 14.0. The number of hydrogen-bond acceptors (Lipinski definition) is 3. The molecule has 0 radical (unpaired) electrons. The second kappa shape index (κ2) is 11.6. The largest absolute Gasteiger partial charge is 0.357 e. The van der Waals surface area contributed by atoms with Crippen molar-refractivity contribution in [1.82, 2.24) is 25.1 Å². The predicted octanol–water partition coefficient (Wildman–Crippen LogP) is 2.80. The first kappa shape index (κ1) is 23.0. The van der Waals surface area contributed by atoms with Gasteiger partial charge < -0.3 is 20.1 Å². The molecule has 1 saturated carbocycles. The van der Waals surface area contributed by atoms with Crippen LogP contribution in [0.15, 0.2) is 23.7 Å². The molecule has 8 heteroatoms. The smallest absolute Gasteiger partial charge is 0.242 e. The Kier molecular flexibility index (Phi) is 9.53.